The lowest BCUT2D eigenvalue weighted by molar-refractivity contribution is -0.121. The van der Waals surface area contributed by atoms with E-state index in [1.165, 1.54) is 4.90 Å². The Hall–Kier alpha value is -3.17. The summed E-state index contributed by atoms with van der Waals surface area (Å²) in [5.74, 6) is 0.381. The highest BCUT2D eigenvalue weighted by molar-refractivity contribution is 6.01. The maximum atomic E-state index is 13.3. The summed E-state index contributed by atoms with van der Waals surface area (Å²) >= 11 is 0. The number of carbonyl (C=O) groups excluding carboxylic acids is 2. The molecule has 2 aromatic rings. The Kier molecular flexibility index (Phi) is 7.99. The molecule has 1 aromatic carbocycles. The van der Waals surface area contributed by atoms with Crippen LogP contribution in [0.5, 0.6) is 5.75 Å². The minimum Gasteiger partial charge on any atom is -0.489 e. The highest BCUT2D eigenvalue weighted by Crippen LogP contribution is 2.28. The minimum atomic E-state index is -0.329. The number of hydrogen-bond donors (Lipinski definition) is 3. The molecule has 30 heavy (non-hydrogen) atoms. The first-order chi connectivity index (χ1) is 14.7. The van der Waals surface area contributed by atoms with Crippen LogP contribution in [0.1, 0.15) is 16.8 Å². The van der Waals surface area contributed by atoms with Crippen LogP contribution in [0.3, 0.4) is 0 Å². The summed E-state index contributed by atoms with van der Waals surface area (Å²) in [5, 5.41) is 14.7. The smallest absolute Gasteiger partial charge is 0.258 e. The molecule has 2 heterocycles. The van der Waals surface area contributed by atoms with Crippen molar-refractivity contribution < 1.29 is 24.2 Å². The van der Waals surface area contributed by atoms with Gasteiger partial charge in [-0.25, -0.2) is 4.98 Å². The topological polar surface area (TPSA) is 113 Å². The molecule has 0 fully saturated rings. The molecule has 3 rings (SSSR count). The van der Waals surface area contributed by atoms with Crippen LogP contribution < -0.4 is 15.4 Å². The number of ether oxygens (including phenoxy) is 2. The first-order valence-electron chi connectivity index (χ1n) is 9.87. The van der Waals surface area contributed by atoms with E-state index in [1.807, 2.05) is 24.3 Å². The first kappa shape index (κ1) is 21.5. The van der Waals surface area contributed by atoms with E-state index >= 15 is 0 Å². The number of rotatable bonds is 5. The number of nitrogens with zero attached hydrogens (tertiary/aromatic N) is 2. The predicted molar refractivity (Wildman–Crippen MR) is 111 cm³/mol. The maximum Gasteiger partial charge on any atom is 0.258 e. The van der Waals surface area contributed by atoms with E-state index in [4.69, 9.17) is 14.6 Å². The predicted octanol–water partition coefficient (Wildman–Crippen LogP) is 1.17. The molecule has 0 atom stereocenters. The van der Waals surface area contributed by atoms with Crippen molar-refractivity contribution in [1.82, 2.24) is 15.2 Å². The highest BCUT2D eigenvalue weighted by atomic mass is 16.5. The molecule has 3 N–H and O–H groups in total. The Balaban J connectivity index is 1.85. The van der Waals surface area contributed by atoms with E-state index in [0.717, 1.165) is 0 Å². The summed E-state index contributed by atoms with van der Waals surface area (Å²) < 4.78 is 11.4. The second-order valence-electron chi connectivity index (χ2n) is 6.64. The molecular weight excluding hydrogens is 388 g/mol. The van der Waals surface area contributed by atoms with Gasteiger partial charge in [0.15, 0.2) is 0 Å². The van der Waals surface area contributed by atoms with Crippen molar-refractivity contribution >= 4 is 23.3 Å². The van der Waals surface area contributed by atoms with Crippen LogP contribution in [-0.2, 0) is 9.53 Å². The number of benzene rings is 1. The van der Waals surface area contributed by atoms with Gasteiger partial charge < -0.3 is 30.1 Å². The van der Waals surface area contributed by atoms with Crippen molar-refractivity contribution in [1.29, 1.82) is 0 Å². The third-order valence-corrected chi connectivity index (χ3v) is 4.45. The van der Waals surface area contributed by atoms with E-state index in [1.54, 1.807) is 18.3 Å². The third kappa shape index (κ3) is 5.91. The Bertz CT molecular complexity index is 861. The molecule has 1 aliphatic rings. The number of para-hydroxylation sites is 2. The Morgan fingerprint density at radius 1 is 1.20 bits per heavy atom. The maximum absolute atomic E-state index is 13.3. The molecule has 0 saturated carbocycles. The number of aliphatic hydroxyl groups excluding tert-OH is 1. The standard InChI is InChI=1S/C21H26N4O5/c26-11-4-9-22-19(27)15-25-10-12-29-13-14-30-18-7-2-1-6-17(18)24-20-16(21(25)28)5-3-8-23-20/h1-3,5-8,26H,4,9-15H2,(H,22,27)(H,23,24). The lowest BCUT2D eigenvalue weighted by Crippen LogP contribution is -2.43. The number of carbonyl (C=O) groups is 2. The summed E-state index contributed by atoms with van der Waals surface area (Å²) in [6.07, 6.45) is 2.05. The molecule has 9 nitrogen and oxygen atoms in total. The number of pyridine rings is 1. The molecule has 0 spiro atoms. The molecule has 1 aromatic heterocycles. The van der Waals surface area contributed by atoms with Gasteiger partial charge >= 0.3 is 0 Å². The molecule has 160 valence electrons. The minimum absolute atomic E-state index is 0.00890. The Morgan fingerprint density at radius 2 is 2.07 bits per heavy atom. The first-order valence-corrected chi connectivity index (χ1v) is 9.87. The van der Waals surface area contributed by atoms with Crippen LogP contribution in [0.4, 0.5) is 11.5 Å². The van der Waals surface area contributed by atoms with Crippen molar-refractivity contribution in [3.8, 4) is 5.75 Å². The van der Waals surface area contributed by atoms with E-state index in [0.29, 0.717) is 49.0 Å². The fraction of sp³-hybridized carbons (Fsp3) is 0.381. The van der Waals surface area contributed by atoms with Gasteiger partial charge in [-0.15, -0.1) is 0 Å². The lowest BCUT2D eigenvalue weighted by Gasteiger charge is -2.23. The van der Waals surface area contributed by atoms with Crippen molar-refractivity contribution in [2.75, 3.05) is 51.4 Å². The van der Waals surface area contributed by atoms with Gasteiger partial charge in [-0.1, -0.05) is 12.1 Å². The van der Waals surface area contributed by atoms with Crippen LogP contribution in [0.15, 0.2) is 42.6 Å². The summed E-state index contributed by atoms with van der Waals surface area (Å²) in [6, 6.07) is 10.7. The number of anilines is 2. The zero-order valence-electron chi connectivity index (χ0n) is 16.7. The van der Waals surface area contributed by atoms with Gasteiger partial charge in [-0.05, 0) is 30.7 Å². The monoisotopic (exact) mass is 414 g/mol. The Morgan fingerprint density at radius 3 is 2.93 bits per heavy atom. The number of fused-ring (bicyclic) bond motifs is 2. The van der Waals surface area contributed by atoms with E-state index in [2.05, 4.69) is 15.6 Å². The molecule has 0 radical (unpaired) electrons. The van der Waals surface area contributed by atoms with Gasteiger partial charge in [0, 0.05) is 25.9 Å². The molecular formula is C21H26N4O5. The molecule has 1 aliphatic heterocycles. The van der Waals surface area contributed by atoms with E-state index in [-0.39, 0.29) is 38.1 Å². The molecule has 2 amide bonds. The van der Waals surface area contributed by atoms with Crippen molar-refractivity contribution in [3.63, 3.8) is 0 Å². The van der Waals surface area contributed by atoms with Gasteiger partial charge in [0.2, 0.25) is 5.91 Å². The van der Waals surface area contributed by atoms with Crippen molar-refractivity contribution in [2.24, 2.45) is 0 Å². The highest BCUT2D eigenvalue weighted by Gasteiger charge is 2.22. The number of amides is 2. The van der Waals surface area contributed by atoms with Gasteiger partial charge in [-0.2, -0.15) is 0 Å². The Labute approximate surface area is 175 Å². The quantitative estimate of drug-likeness (QED) is 0.630. The summed E-state index contributed by atoms with van der Waals surface area (Å²) in [7, 11) is 0. The normalized spacial score (nSPS) is 14.7. The fourth-order valence-electron chi connectivity index (χ4n) is 2.95. The second kappa shape index (κ2) is 11.1. The van der Waals surface area contributed by atoms with Crippen LogP contribution in [0, 0.1) is 0 Å². The third-order valence-electron chi connectivity index (χ3n) is 4.45. The van der Waals surface area contributed by atoms with Crippen molar-refractivity contribution in [2.45, 2.75) is 6.42 Å². The van der Waals surface area contributed by atoms with Crippen molar-refractivity contribution in [3.05, 3.63) is 48.2 Å². The number of aromatic nitrogens is 1. The number of hydrogen-bond acceptors (Lipinski definition) is 7. The van der Waals surface area contributed by atoms with Crippen LogP contribution in [0.25, 0.3) is 0 Å². The molecule has 0 saturated heterocycles. The zero-order chi connectivity index (χ0) is 21.2. The molecule has 0 unspecified atom stereocenters. The molecule has 0 bridgehead atoms. The zero-order valence-corrected chi connectivity index (χ0v) is 16.7. The van der Waals surface area contributed by atoms with Gasteiger partial charge in [0.05, 0.1) is 31.0 Å². The SMILES string of the molecule is O=C(CN1CCOCCOc2ccccc2Nc2ncccc2C1=O)NCCCO. The van der Waals surface area contributed by atoms with E-state index in [9.17, 15) is 9.59 Å². The fourth-order valence-corrected chi connectivity index (χ4v) is 2.95. The van der Waals surface area contributed by atoms with Crippen LogP contribution >= 0.6 is 0 Å². The van der Waals surface area contributed by atoms with Gasteiger partial charge in [-0.3, -0.25) is 9.59 Å². The van der Waals surface area contributed by atoms with Crippen LogP contribution in [-0.4, -0.2) is 72.9 Å². The summed E-state index contributed by atoms with van der Waals surface area (Å²) in [5.41, 5.74) is 1.02. The summed E-state index contributed by atoms with van der Waals surface area (Å²) in [6.45, 7) is 1.44. The van der Waals surface area contributed by atoms with Gasteiger partial charge in [0.25, 0.3) is 5.91 Å². The summed E-state index contributed by atoms with van der Waals surface area (Å²) in [4.78, 5) is 31.3. The number of nitrogens with one attached hydrogen (secondary N) is 2. The van der Waals surface area contributed by atoms with Gasteiger partial charge in [0.1, 0.15) is 18.2 Å². The van der Waals surface area contributed by atoms with E-state index < -0.39 is 0 Å². The molecule has 9 heteroatoms. The second-order valence-corrected chi connectivity index (χ2v) is 6.64. The average molecular weight is 414 g/mol. The van der Waals surface area contributed by atoms with Crippen LogP contribution in [0.2, 0.25) is 0 Å². The average Bonchev–Trinajstić information content (AvgIpc) is 2.77. The molecule has 0 aliphatic carbocycles. The lowest BCUT2D eigenvalue weighted by atomic mass is 10.2. The number of aliphatic hydroxyl groups is 1. The largest absolute Gasteiger partial charge is 0.489 e.